The number of carbonyl (C=O) groups excluding carboxylic acids is 1. The molecule has 16 heavy (non-hydrogen) atoms. The zero-order valence-corrected chi connectivity index (χ0v) is 8.43. The second-order valence-electron chi connectivity index (χ2n) is 3.22. The van der Waals surface area contributed by atoms with Crippen LogP contribution in [0.5, 0.6) is 0 Å². The highest BCUT2D eigenvalue weighted by atomic mass is 19.4. The first kappa shape index (κ1) is 12.2. The molecule has 0 saturated carbocycles. The molecule has 1 aromatic rings. The molecular weight excluding hydrogens is 221 g/mol. The number of nitrogens with two attached hydrogens (primary N) is 1. The van der Waals surface area contributed by atoms with Crippen molar-refractivity contribution >= 4 is 11.7 Å². The van der Waals surface area contributed by atoms with E-state index in [-0.39, 0.29) is 11.4 Å². The molecule has 0 aromatic heterocycles. The van der Waals surface area contributed by atoms with Gasteiger partial charge in [0.05, 0.1) is 11.1 Å². The Morgan fingerprint density at radius 1 is 1.38 bits per heavy atom. The molecule has 0 aliphatic heterocycles. The van der Waals surface area contributed by atoms with E-state index in [0.29, 0.717) is 0 Å². The van der Waals surface area contributed by atoms with E-state index in [2.05, 4.69) is 4.99 Å². The van der Waals surface area contributed by atoms with Crippen LogP contribution in [0.1, 0.15) is 22.8 Å². The number of halogens is 3. The van der Waals surface area contributed by atoms with E-state index in [1.54, 1.807) is 0 Å². The predicted octanol–water partition coefficient (Wildman–Crippen LogP) is 0.303. The first-order valence-electron chi connectivity index (χ1n) is 4.38. The van der Waals surface area contributed by atoms with Crippen LogP contribution in [-0.2, 0) is 6.18 Å². The number of amidine groups is 1. The third-order valence-electron chi connectivity index (χ3n) is 1.76. The van der Waals surface area contributed by atoms with Crippen LogP contribution in [0.15, 0.2) is 24.3 Å². The smallest absolute Gasteiger partial charge is 0.291 e. The number of carbonyl (C=O) groups is 1. The van der Waals surface area contributed by atoms with Crippen LogP contribution in [0.4, 0.5) is 13.2 Å². The number of hydrogen-bond acceptors (Lipinski definition) is 1. The topological polar surface area (TPSA) is 57.1 Å². The molecule has 1 aromatic carbocycles. The van der Waals surface area contributed by atoms with Crippen LogP contribution >= 0.6 is 0 Å². The molecule has 1 rings (SSSR count). The summed E-state index contributed by atoms with van der Waals surface area (Å²) >= 11 is 0. The fourth-order valence-electron chi connectivity index (χ4n) is 1.09. The van der Waals surface area contributed by atoms with Crippen molar-refractivity contribution in [3.8, 4) is 0 Å². The molecule has 0 unspecified atom stereocenters. The first-order valence-corrected chi connectivity index (χ1v) is 4.38. The third kappa shape index (κ3) is 3.08. The molecule has 0 aliphatic carbocycles. The van der Waals surface area contributed by atoms with E-state index in [1.165, 1.54) is 19.1 Å². The van der Waals surface area contributed by atoms with Gasteiger partial charge in [-0.05, 0) is 18.2 Å². The van der Waals surface area contributed by atoms with Gasteiger partial charge in [0.15, 0.2) is 0 Å². The Kier molecular flexibility index (Phi) is 3.31. The fraction of sp³-hybridized carbons (Fsp3) is 0.200. The summed E-state index contributed by atoms with van der Waals surface area (Å²) in [5, 5.41) is 0. The van der Waals surface area contributed by atoms with Crippen LogP contribution in [0, 0.1) is 0 Å². The van der Waals surface area contributed by atoms with Gasteiger partial charge in [-0.15, -0.1) is 0 Å². The number of alkyl halides is 3. The van der Waals surface area contributed by atoms with Gasteiger partial charge in [-0.1, -0.05) is 6.07 Å². The zero-order valence-electron chi connectivity index (χ0n) is 8.43. The molecule has 1 amide bonds. The van der Waals surface area contributed by atoms with Gasteiger partial charge < -0.3 is 0 Å². The maximum Gasteiger partial charge on any atom is 0.416 e. The lowest BCUT2D eigenvalue weighted by Gasteiger charge is -2.06. The van der Waals surface area contributed by atoms with Crippen LogP contribution in [0.3, 0.4) is 0 Å². The van der Waals surface area contributed by atoms with Crippen molar-refractivity contribution < 1.29 is 23.0 Å². The van der Waals surface area contributed by atoms with Gasteiger partial charge in [-0.2, -0.15) is 13.2 Å². The van der Waals surface area contributed by atoms with Crippen LogP contribution in [0.25, 0.3) is 0 Å². The minimum atomic E-state index is -4.46. The van der Waals surface area contributed by atoms with Crippen LogP contribution < -0.4 is 10.7 Å². The lowest BCUT2D eigenvalue weighted by atomic mass is 10.1. The minimum Gasteiger partial charge on any atom is -0.291 e. The molecule has 0 aliphatic rings. The van der Waals surface area contributed by atoms with E-state index in [4.69, 9.17) is 5.73 Å². The van der Waals surface area contributed by atoms with Crippen molar-refractivity contribution in [2.75, 3.05) is 0 Å². The highest BCUT2D eigenvalue weighted by Gasteiger charge is 2.31. The molecule has 0 spiro atoms. The molecule has 0 bridgehead atoms. The minimum absolute atomic E-state index is 0.0837. The highest BCUT2D eigenvalue weighted by molar-refractivity contribution is 5.90. The molecule has 6 heteroatoms. The van der Waals surface area contributed by atoms with Crippen molar-refractivity contribution in [2.24, 2.45) is 5.73 Å². The van der Waals surface area contributed by atoms with E-state index in [9.17, 15) is 18.0 Å². The summed E-state index contributed by atoms with van der Waals surface area (Å²) in [7, 11) is 0. The van der Waals surface area contributed by atoms with Crippen LogP contribution in [0.2, 0.25) is 0 Å². The Hall–Kier alpha value is -1.85. The Morgan fingerprint density at radius 2 is 2.00 bits per heavy atom. The highest BCUT2D eigenvalue weighted by Crippen LogP contribution is 2.29. The fourth-order valence-corrected chi connectivity index (χ4v) is 1.09. The number of benzene rings is 1. The number of nitrogens with one attached hydrogen (secondary N) is 1. The Balaban J connectivity index is 3.09. The SMILES string of the molecule is CC(N)=[NH+]C(=O)c1cccc(C(F)(F)F)c1. The molecule has 3 nitrogen and oxygen atoms in total. The van der Waals surface area contributed by atoms with Crippen molar-refractivity contribution in [1.82, 2.24) is 0 Å². The van der Waals surface area contributed by atoms with Gasteiger partial charge in [0.1, 0.15) is 0 Å². The molecule has 0 saturated heterocycles. The molecule has 0 fully saturated rings. The predicted molar refractivity (Wildman–Crippen MR) is 51.6 cm³/mol. The Labute approximate surface area is 89.8 Å². The van der Waals surface area contributed by atoms with Crippen molar-refractivity contribution in [1.29, 1.82) is 0 Å². The number of amides is 1. The molecular formula is C10H10F3N2O+. The van der Waals surface area contributed by atoms with E-state index < -0.39 is 17.6 Å². The summed E-state index contributed by atoms with van der Waals surface area (Å²) in [5.74, 6) is -0.534. The second-order valence-corrected chi connectivity index (χ2v) is 3.22. The summed E-state index contributed by atoms with van der Waals surface area (Å²) in [6.45, 7) is 1.44. The van der Waals surface area contributed by atoms with E-state index >= 15 is 0 Å². The van der Waals surface area contributed by atoms with Gasteiger partial charge in [-0.25, -0.2) is 9.79 Å². The average molecular weight is 231 g/mol. The molecule has 0 atom stereocenters. The lowest BCUT2D eigenvalue weighted by molar-refractivity contribution is -0.346. The second kappa shape index (κ2) is 4.34. The molecule has 0 heterocycles. The number of hydrogen-bond donors (Lipinski definition) is 2. The van der Waals surface area contributed by atoms with Crippen molar-refractivity contribution in [3.05, 3.63) is 35.4 Å². The molecule has 86 valence electrons. The molecule has 3 N–H and O–H groups in total. The van der Waals surface area contributed by atoms with Gasteiger partial charge in [0, 0.05) is 6.92 Å². The lowest BCUT2D eigenvalue weighted by Crippen LogP contribution is -2.78. The van der Waals surface area contributed by atoms with Crippen LogP contribution in [-0.4, -0.2) is 11.7 Å². The van der Waals surface area contributed by atoms with Crippen molar-refractivity contribution in [2.45, 2.75) is 13.1 Å². The molecule has 0 radical (unpaired) electrons. The maximum atomic E-state index is 12.3. The van der Waals surface area contributed by atoms with Gasteiger partial charge in [0.25, 0.3) is 0 Å². The number of rotatable bonds is 1. The van der Waals surface area contributed by atoms with Gasteiger partial charge in [0.2, 0.25) is 5.84 Å². The summed E-state index contributed by atoms with van der Waals surface area (Å²) in [6.07, 6.45) is -4.46. The third-order valence-corrected chi connectivity index (χ3v) is 1.76. The first-order chi connectivity index (χ1) is 7.30. The normalized spacial score (nSPS) is 12.6. The zero-order chi connectivity index (χ0) is 12.3. The summed E-state index contributed by atoms with van der Waals surface area (Å²) in [6, 6.07) is 4.13. The van der Waals surface area contributed by atoms with E-state index in [0.717, 1.165) is 12.1 Å². The maximum absolute atomic E-state index is 12.3. The van der Waals surface area contributed by atoms with E-state index in [1.807, 2.05) is 0 Å². The largest absolute Gasteiger partial charge is 0.416 e. The summed E-state index contributed by atoms with van der Waals surface area (Å²) < 4.78 is 37.0. The summed E-state index contributed by atoms with van der Waals surface area (Å²) in [4.78, 5) is 13.6. The average Bonchev–Trinajstić information content (AvgIpc) is 2.15. The monoisotopic (exact) mass is 231 g/mol. The Bertz CT molecular complexity index is 434. The standard InChI is InChI=1S/C10H9F3N2O/c1-6(14)15-9(16)7-3-2-4-8(5-7)10(11,12)13/h2-5H,1H3,(H2,14,15,16)/p+1. The van der Waals surface area contributed by atoms with Gasteiger partial charge >= 0.3 is 12.1 Å². The Morgan fingerprint density at radius 3 is 2.50 bits per heavy atom. The summed E-state index contributed by atoms with van der Waals surface area (Å²) in [5.41, 5.74) is 4.27. The van der Waals surface area contributed by atoms with Gasteiger partial charge in [-0.3, -0.25) is 5.73 Å². The van der Waals surface area contributed by atoms with Crippen molar-refractivity contribution in [3.63, 3.8) is 0 Å². The quantitative estimate of drug-likeness (QED) is 0.539.